The first-order valence-corrected chi connectivity index (χ1v) is 8.04. The highest BCUT2D eigenvalue weighted by molar-refractivity contribution is 7.89. The maximum Gasteiger partial charge on any atom is 0.242 e. The van der Waals surface area contributed by atoms with Crippen molar-refractivity contribution >= 4 is 33.2 Å². The summed E-state index contributed by atoms with van der Waals surface area (Å²) in [5, 5.41) is 3.89. The zero-order chi connectivity index (χ0) is 15.6. The van der Waals surface area contributed by atoms with Gasteiger partial charge in [-0.25, -0.2) is 13.1 Å². The second-order valence-corrected chi connectivity index (χ2v) is 6.69. The average Bonchev–Trinajstić information content (AvgIpc) is 2.82. The van der Waals surface area contributed by atoms with Crippen LogP contribution in [0.5, 0.6) is 0 Å². The van der Waals surface area contributed by atoms with Crippen LogP contribution in [0.4, 0.5) is 0 Å². The molecule has 3 N–H and O–H groups in total. The summed E-state index contributed by atoms with van der Waals surface area (Å²) in [5.41, 5.74) is 5.99. The lowest BCUT2D eigenvalue weighted by Gasteiger charge is -2.10. The fourth-order valence-electron chi connectivity index (χ4n) is 1.58. The minimum atomic E-state index is -3.85. The molecule has 0 saturated heterocycles. The number of aryl methyl sites for hydroxylation is 1. The van der Waals surface area contributed by atoms with Gasteiger partial charge in [0, 0.05) is 11.6 Å². The van der Waals surface area contributed by atoms with Gasteiger partial charge in [0.15, 0.2) is 5.82 Å². The predicted molar refractivity (Wildman–Crippen MR) is 77.4 cm³/mol. The Labute approximate surface area is 131 Å². The van der Waals surface area contributed by atoms with Gasteiger partial charge in [0.2, 0.25) is 15.9 Å². The van der Waals surface area contributed by atoms with E-state index in [0.29, 0.717) is 16.4 Å². The normalized spacial score (nSPS) is 11.8. The quantitative estimate of drug-likeness (QED) is 0.847. The molecule has 0 radical (unpaired) electrons. The van der Waals surface area contributed by atoms with E-state index in [-0.39, 0.29) is 28.9 Å². The number of halogens is 2. The molecule has 0 aliphatic carbocycles. The van der Waals surface area contributed by atoms with Crippen molar-refractivity contribution in [2.75, 3.05) is 0 Å². The fourth-order valence-corrected chi connectivity index (χ4v) is 3.43. The third kappa shape index (κ3) is 3.72. The van der Waals surface area contributed by atoms with Gasteiger partial charge in [-0.3, -0.25) is 0 Å². The number of nitrogens with one attached hydrogen (secondary N) is 1. The number of rotatable bonds is 5. The summed E-state index contributed by atoms with van der Waals surface area (Å²) in [6, 6.07) is 2.68. The molecule has 1 heterocycles. The number of aromatic nitrogens is 2. The number of nitrogens with zero attached hydrogens (tertiary/aromatic N) is 2. The second-order valence-electron chi connectivity index (χ2n) is 4.14. The molecular weight excluding hydrogens is 339 g/mol. The van der Waals surface area contributed by atoms with E-state index in [1.54, 1.807) is 6.92 Å². The number of hydrogen-bond donors (Lipinski definition) is 2. The van der Waals surface area contributed by atoms with Crippen LogP contribution in [0, 0.1) is 6.92 Å². The minimum absolute atomic E-state index is 0.00593. The lowest BCUT2D eigenvalue weighted by molar-refractivity contribution is 0.372. The zero-order valence-corrected chi connectivity index (χ0v) is 13.3. The molecule has 0 amide bonds. The Hall–Kier alpha value is -1.19. The van der Waals surface area contributed by atoms with E-state index in [1.807, 2.05) is 0 Å². The van der Waals surface area contributed by atoms with Crippen LogP contribution in [0.15, 0.2) is 21.6 Å². The highest BCUT2D eigenvalue weighted by Gasteiger charge is 2.20. The summed E-state index contributed by atoms with van der Waals surface area (Å²) < 4.78 is 31.6. The number of benzene rings is 1. The van der Waals surface area contributed by atoms with Crippen LogP contribution in [0.3, 0.4) is 0 Å². The van der Waals surface area contributed by atoms with E-state index >= 15 is 0 Å². The molecule has 2 aromatic rings. The van der Waals surface area contributed by atoms with Crippen LogP contribution in [-0.4, -0.2) is 18.6 Å². The van der Waals surface area contributed by atoms with Crippen molar-refractivity contribution in [3.8, 4) is 0 Å². The molecular formula is C11H12Cl2N4O3S. The molecule has 0 atom stereocenters. The van der Waals surface area contributed by atoms with E-state index in [0.717, 1.165) is 0 Å². The largest absolute Gasteiger partial charge is 0.338 e. The molecule has 21 heavy (non-hydrogen) atoms. The molecule has 0 aliphatic rings. The van der Waals surface area contributed by atoms with E-state index in [9.17, 15) is 8.42 Å². The van der Waals surface area contributed by atoms with Gasteiger partial charge in [0.1, 0.15) is 4.90 Å². The molecule has 1 aromatic carbocycles. The molecule has 0 bridgehead atoms. The van der Waals surface area contributed by atoms with Crippen molar-refractivity contribution in [2.24, 2.45) is 5.73 Å². The van der Waals surface area contributed by atoms with Crippen LogP contribution in [0.25, 0.3) is 0 Å². The molecule has 7 nitrogen and oxygen atoms in total. The van der Waals surface area contributed by atoms with E-state index in [1.165, 1.54) is 12.1 Å². The Morgan fingerprint density at radius 2 is 2.05 bits per heavy atom. The zero-order valence-electron chi connectivity index (χ0n) is 10.9. The van der Waals surface area contributed by atoms with Crippen LogP contribution in [-0.2, 0) is 23.1 Å². The molecule has 10 heteroatoms. The van der Waals surface area contributed by atoms with Gasteiger partial charge in [-0.15, -0.1) is 0 Å². The predicted octanol–water partition coefficient (Wildman–Crippen LogP) is 1.62. The Balaban J connectivity index is 2.27. The second kappa shape index (κ2) is 6.29. The van der Waals surface area contributed by atoms with Crippen molar-refractivity contribution in [2.45, 2.75) is 24.9 Å². The van der Waals surface area contributed by atoms with Gasteiger partial charge in [0.05, 0.1) is 11.6 Å². The lowest BCUT2D eigenvalue weighted by atomic mass is 10.2. The van der Waals surface area contributed by atoms with Crippen molar-refractivity contribution in [3.05, 3.63) is 39.5 Å². The third-order valence-corrected chi connectivity index (χ3v) is 4.81. The summed E-state index contributed by atoms with van der Waals surface area (Å²) >= 11 is 11.8. The first kappa shape index (κ1) is 16.2. The average molecular weight is 351 g/mol. The standard InChI is InChI=1S/C11H12Cl2N4O3S/c1-6-16-11(20-17-6)5-15-21(18,19)10-2-7(4-14)8(12)3-9(10)13/h2-3,15H,4-5,14H2,1H3. The molecule has 0 saturated carbocycles. The maximum absolute atomic E-state index is 12.2. The lowest BCUT2D eigenvalue weighted by Crippen LogP contribution is -2.24. The highest BCUT2D eigenvalue weighted by atomic mass is 35.5. The highest BCUT2D eigenvalue weighted by Crippen LogP contribution is 2.28. The molecule has 114 valence electrons. The van der Waals surface area contributed by atoms with Crippen molar-refractivity contribution in [1.82, 2.24) is 14.9 Å². The van der Waals surface area contributed by atoms with Gasteiger partial charge >= 0.3 is 0 Å². The van der Waals surface area contributed by atoms with Crippen LogP contribution in [0.1, 0.15) is 17.3 Å². The first-order chi connectivity index (χ1) is 9.83. The number of nitrogens with two attached hydrogens (primary N) is 1. The summed E-state index contributed by atoms with van der Waals surface area (Å²) in [6.45, 7) is 1.59. The smallest absolute Gasteiger partial charge is 0.242 e. The van der Waals surface area contributed by atoms with E-state index < -0.39 is 10.0 Å². The topological polar surface area (TPSA) is 111 Å². The van der Waals surface area contributed by atoms with Gasteiger partial charge in [-0.2, -0.15) is 4.98 Å². The molecule has 0 unspecified atom stereocenters. The van der Waals surface area contributed by atoms with E-state index in [4.69, 9.17) is 33.5 Å². The summed E-state index contributed by atoms with van der Waals surface area (Å²) in [5.74, 6) is 0.569. The Morgan fingerprint density at radius 3 is 2.62 bits per heavy atom. The van der Waals surface area contributed by atoms with E-state index in [2.05, 4.69) is 14.9 Å². The maximum atomic E-state index is 12.2. The molecule has 0 aliphatic heterocycles. The SMILES string of the molecule is Cc1noc(CNS(=O)(=O)c2cc(CN)c(Cl)cc2Cl)n1. The summed E-state index contributed by atoms with van der Waals surface area (Å²) in [4.78, 5) is 3.79. The summed E-state index contributed by atoms with van der Waals surface area (Å²) in [7, 11) is -3.85. The monoisotopic (exact) mass is 350 g/mol. The van der Waals surface area contributed by atoms with Crippen molar-refractivity contribution < 1.29 is 12.9 Å². The van der Waals surface area contributed by atoms with Crippen molar-refractivity contribution in [3.63, 3.8) is 0 Å². The third-order valence-electron chi connectivity index (χ3n) is 2.59. The summed E-state index contributed by atoms with van der Waals surface area (Å²) in [6.07, 6.45) is 0. The number of sulfonamides is 1. The molecule has 2 rings (SSSR count). The fraction of sp³-hybridized carbons (Fsp3) is 0.273. The molecule has 0 fully saturated rings. The van der Waals surface area contributed by atoms with Crippen molar-refractivity contribution in [1.29, 1.82) is 0 Å². The van der Waals surface area contributed by atoms with Crippen LogP contribution in [0.2, 0.25) is 10.0 Å². The number of hydrogen-bond acceptors (Lipinski definition) is 6. The molecule has 0 spiro atoms. The Bertz CT molecular complexity index is 761. The Morgan fingerprint density at radius 1 is 1.33 bits per heavy atom. The van der Waals surface area contributed by atoms with Crippen LogP contribution >= 0.6 is 23.2 Å². The van der Waals surface area contributed by atoms with Gasteiger partial charge in [-0.1, -0.05) is 28.4 Å². The van der Waals surface area contributed by atoms with Crippen LogP contribution < -0.4 is 10.5 Å². The Kier molecular flexibility index (Phi) is 4.84. The first-order valence-electron chi connectivity index (χ1n) is 5.80. The molecule has 1 aromatic heterocycles. The van der Waals surface area contributed by atoms with Gasteiger partial charge in [-0.05, 0) is 24.6 Å². The van der Waals surface area contributed by atoms with Gasteiger partial charge < -0.3 is 10.3 Å². The minimum Gasteiger partial charge on any atom is -0.338 e. The van der Waals surface area contributed by atoms with Gasteiger partial charge in [0.25, 0.3) is 0 Å².